The summed E-state index contributed by atoms with van der Waals surface area (Å²) in [7, 11) is 1.73. The van der Waals surface area contributed by atoms with Gasteiger partial charge in [0.25, 0.3) is 0 Å². The number of ether oxygens (including phenoxy) is 1. The van der Waals surface area contributed by atoms with Crippen LogP contribution < -0.4 is 0 Å². The lowest BCUT2D eigenvalue weighted by atomic mass is 9.77. The van der Waals surface area contributed by atoms with E-state index in [4.69, 9.17) is 4.74 Å². The SMILES string of the molecule is C/C=C(/OC)C(C)(C)C(C)/C=C/c1csc(C)n1. The van der Waals surface area contributed by atoms with E-state index in [0.29, 0.717) is 5.92 Å². The lowest BCUT2D eigenvalue weighted by Crippen LogP contribution is -2.23. The molecular weight excluding hydrogens is 242 g/mol. The molecule has 2 nitrogen and oxygen atoms in total. The highest BCUT2D eigenvalue weighted by atomic mass is 32.1. The van der Waals surface area contributed by atoms with E-state index in [-0.39, 0.29) is 5.41 Å². The molecule has 3 heteroatoms. The third-order valence-electron chi connectivity index (χ3n) is 3.45. The lowest BCUT2D eigenvalue weighted by Gasteiger charge is -2.31. The van der Waals surface area contributed by atoms with Crippen LogP contribution in [0.4, 0.5) is 0 Å². The molecule has 1 aromatic rings. The maximum atomic E-state index is 5.46. The number of hydrogen-bond donors (Lipinski definition) is 0. The summed E-state index contributed by atoms with van der Waals surface area (Å²) in [6, 6.07) is 0. The summed E-state index contributed by atoms with van der Waals surface area (Å²) < 4.78 is 5.46. The summed E-state index contributed by atoms with van der Waals surface area (Å²) in [5.41, 5.74) is 1.03. The molecule has 0 aliphatic carbocycles. The Bertz CT molecular complexity index is 443. The second kappa shape index (κ2) is 6.19. The van der Waals surface area contributed by atoms with Crippen molar-refractivity contribution in [1.29, 1.82) is 0 Å². The second-order valence-corrected chi connectivity index (χ2v) is 6.08. The number of aromatic nitrogens is 1. The summed E-state index contributed by atoms with van der Waals surface area (Å²) in [5, 5.41) is 3.19. The van der Waals surface area contributed by atoms with E-state index in [0.717, 1.165) is 16.5 Å². The quantitative estimate of drug-likeness (QED) is 0.721. The predicted molar refractivity (Wildman–Crippen MR) is 79.6 cm³/mol. The van der Waals surface area contributed by atoms with Crippen molar-refractivity contribution in [2.75, 3.05) is 7.11 Å². The average molecular weight is 265 g/mol. The molecule has 1 atom stereocenters. The number of methoxy groups -OCH3 is 1. The molecule has 1 rings (SSSR count). The molecule has 0 amide bonds. The van der Waals surface area contributed by atoms with Gasteiger partial charge in [0.15, 0.2) is 0 Å². The molecule has 1 heterocycles. The molecule has 0 saturated heterocycles. The first kappa shape index (κ1) is 15.0. The zero-order valence-corrected chi connectivity index (χ0v) is 13.0. The van der Waals surface area contributed by atoms with Gasteiger partial charge in [0.05, 0.1) is 23.6 Å². The minimum absolute atomic E-state index is 0.00886. The molecule has 0 fully saturated rings. The van der Waals surface area contributed by atoms with Crippen LogP contribution in [-0.2, 0) is 4.74 Å². The van der Waals surface area contributed by atoms with Crippen LogP contribution in [0, 0.1) is 18.3 Å². The van der Waals surface area contributed by atoms with Crippen LogP contribution in [0.25, 0.3) is 6.08 Å². The Kier molecular flexibility index (Phi) is 5.15. The Morgan fingerprint density at radius 2 is 2.17 bits per heavy atom. The first-order valence-electron chi connectivity index (χ1n) is 6.23. The predicted octanol–water partition coefficient (Wildman–Crippen LogP) is 4.68. The van der Waals surface area contributed by atoms with E-state index in [9.17, 15) is 0 Å². The van der Waals surface area contributed by atoms with Crippen LogP contribution in [0.3, 0.4) is 0 Å². The topological polar surface area (TPSA) is 22.1 Å². The van der Waals surface area contributed by atoms with Crippen LogP contribution in [-0.4, -0.2) is 12.1 Å². The summed E-state index contributed by atoms with van der Waals surface area (Å²) in [5.74, 6) is 1.40. The van der Waals surface area contributed by atoms with Gasteiger partial charge in [-0.25, -0.2) is 4.98 Å². The fraction of sp³-hybridized carbons (Fsp3) is 0.533. The lowest BCUT2D eigenvalue weighted by molar-refractivity contribution is 0.164. The van der Waals surface area contributed by atoms with Crippen LogP contribution in [0.2, 0.25) is 0 Å². The first-order chi connectivity index (χ1) is 8.41. The number of hydrogen-bond acceptors (Lipinski definition) is 3. The van der Waals surface area contributed by atoms with Gasteiger partial charge in [0.1, 0.15) is 0 Å². The first-order valence-corrected chi connectivity index (χ1v) is 7.11. The third-order valence-corrected chi connectivity index (χ3v) is 4.24. The highest BCUT2D eigenvalue weighted by Gasteiger charge is 2.29. The molecular formula is C15H23NOS. The van der Waals surface area contributed by atoms with E-state index in [2.05, 4.69) is 43.3 Å². The Labute approximate surface area is 114 Å². The zero-order chi connectivity index (χ0) is 13.8. The molecule has 0 saturated carbocycles. The van der Waals surface area contributed by atoms with Crippen LogP contribution in [0.5, 0.6) is 0 Å². The molecule has 0 radical (unpaired) electrons. The Morgan fingerprint density at radius 3 is 2.61 bits per heavy atom. The van der Waals surface area contributed by atoms with Crippen LogP contribution in [0.15, 0.2) is 23.3 Å². The van der Waals surface area contributed by atoms with Crippen molar-refractivity contribution in [1.82, 2.24) is 4.98 Å². The molecule has 1 aromatic heterocycles. The molecule has 1 unspecified atom stereocenters. The van der Waals surface area contributed by atoms with E-state index in [1.807, 2.05) is 19.9 Å². The van der Waals surface area contributed by atoms with Gasteiger partial charge in [-0.3, -0.25) is 0 Å². The van der Waals surface area contributed by atoms with Crippen LogP contribution >= 0.6 is 11.3 Å². The summed E-state index contributed by atoms with van der Waals surface area (Å²) in [4.78, 5) is 4.44. The van der Waals surface area contributed by atoms with Gasteiger partial charge >= 0.3 is 0 Å². The van der Waals surface area contributed by atoms with E-state index in [1.54, 1.807) is 18.4 Å². The Morgan fingerprint density at radius 1 is 1.50 bits per heavy atom. The van der Waals surface area contributed by atoms with Crippen molar-refractivity contribution in [3.05, 3.63) is 34.0 Å². The van der Waals surface area contributed by atoms with Crippen molar-refractivity contribution < 1.29 is 4.74 Å². The highest BCUT2D eigenvalue weighted by molar-refractivity contribution is 7.09. The number of thiazole rings is 1. The van der Waals surface area contributed by atoms with Gasteiger partial charge < -0.3 is 4.74 Å². The Balaban J connectivity index is 2.81. The molecule has 0 spiro atoms. The molecule has 0 aromatic carbocycles. The third kappa shape index (κ3) is 3.45. The van der Waals surface area contributed by atoms with Gasteiger partial charge in [-0.05, 0) is 31.9 Å². The minimum Gasteiger partial charge on any atom is -0.501 e. The van der Waals surface area contributed by atoms with Crippen molar-refractivity contribution in [2.45, 2.75) is 34.6 Å². The van der Waals surface area contributed by atoms with Crippen molar-refractivity contribution in [3.8, 4) is 0 Å². The maximum absolute atomic E-state index is 5.46. The van der Waals surface area contributed by atoms with Crippen molar-refractivity contribution in [2.24, 2.45) is 11.3 Å². The normalized spacial score (nSPS) is 15.1. The second-order valence-electron chi connectivity index (χ2n) is 5.02. The van der Waals surface area contributed by atoms with Gasteiger partial charge in [-0.1, -0.05) is 26.8 Å². The number of nitrogens with zero attached hydrogens (tertiary/aromatic N) is 1. The summed E-state index contributed by atoms with van der Waals surface area (Å²) >= 11 is 1.68. The molecule has 0 aliphatic heterocycles. The standard InChI is InChI=1S/C15H23NOS/c1-7-14(17-6)15(4,5)11(2)8-9-13-10-18-12(3)16-13/h7-11H,1-6H3/b9-8+,14-7+. The van der Waals surface area contributed by atoms with Gasteiger partial charge in [-0.2, -0.15) is 0 Å². The Hall–Kier alpha value is -1.09. The summed E-state index contributed by atoms with van der Waals surface area (Å²) in [6.45, 7) is 10.7. The van der Waals surface area contributed by atoms with Crippen molar-refractivity contribution >= 4 is 17.4 Å². The average Bonchev–Trinajstić information content (AvgIpc) is 2.73. The minimum atomic E-state index is -0.00886. The zero-order valence-electron chi connectivity index (χ0n) is 12.2. The van der Waals surface area contributed by atoms with E-state index in [1.165, 1.54) is 0 Å². The fourth-order valence-corrected chi connectivity index (χ4v) is 2.50. The molecule has 100 valence electrons. The fourth-order valence-electron chi connectivity index (χ4n) is 1.92. The largest absolute Gasteiger partial charge is 0.501 e. The van der Waals surface area contributed by atoms with Gasteiger partial charge in [0, 0.05) is 10.8 Å². The highest BCUT2D eigenvalue weighted by Crippen LogP contribution is 2.36. The summed E-state index contributed by atoms with van der Waals surface area (Å²) in [6.07, 6.45) is 6.34. The molecule has 0 bridgehead atoms. The maximum Gasteiger partial charge on any atom is 0.0974 e. The van der Waals surface area contributed by atoms with Crippen molar-refractivity contribution in [3.63, 3.8) is 0 Å². The number of rotatable bonds is 5. The van der Waals surface area contributed by atoms with Gasteiger partial charge in [-0.15, -0.1) is 11.3 Å². The van der Waals surface area contributed by atoms with Gasteiger partial charge in [0.2, 0.25) is 0 Å². The van der Waals surface area contributed by atoms with Crippen LogP contribution in [0.1, 0.15) is 38.4 Å². The molecule has 0 aliphatic rings. The monoisotopic (exact) mass is 265 g/mol. The number of aryl methyl sites for hydroxylation is 1. The molecule has 0 N–H and O–H groups in total. The van der Waals surface area contributed by atoms with E-state index >= 15 is 0 Å². The smallest absolute Gasteiger partial charge is 0.0974 e. The molecule has 18 heavy (non-hydrogen) atoms. The number of allylic oxidation sites excluding steroid dienone is 3. The van der Waals surface area contributed by atoms with E-state index < -0.39 is 0 Å².